The Balaban J connectivity index is 1.52. The van der Waals surface area contributed by atoms with E-state index < -0.39 is 17.6 Å². The highest BCUT2D eigenvalue weighted by Gasteiger charge is 2.27. The third-order valence-electron chi connectivity index (χ3n) is 6.59. The zero-order chi connectivity index (χ0) is 31.0. The molecule has 0 saturated carbocycles. The molecule has 2 aromatic carbocycles. The van der Waals surface area contributed by atoms with Crippen molar-refractivity contribution >= 4 is 23.6 Å². The van der Waals surface area contributed by atoms with E-state index in [0.717, 1.165) is 29.0 Å². The number of aromatic nitrogens is 2. The van der Waals surface area contributed by atoms with Crippen molar-refractivity contribution < 1.29 is 33.3 Å². The largest absolute Gasteiger partial charge is 0.497 e. The molecule has 0 radical (unpaired) electrons. The molecule has 1 aliphatic rings. The number of rotatable bonds is 12. The van der Waals surface area contributed by atoms with E-state index in [1.54, 1.807) is 60.3 Å². The van der Waals surface area contributed by atoms with Crippen LogP contribution in [0.2, 0.25) is 0 Å². The number of anilines is 2. The van der Waals surface area contributed by atoms with Crippen LogP contribution in [0.4, 0.5) is 16.4 Å². The second-order valence-corrected chi connectivity index (χ2v) is 10.8. The number of nitrogens with one attached hydrogen (secondary N) is 2. The fourth-order valence-corrected chi connectivity index (χ4v) is 4.59. The average molecular weight is 594 g/mol. The molecule has 2 heterocycles. The van der Waals surface area contributed by atoms with Crippen LogP contribution in [0, 0.1) is 0 Å². The van der Waals surface area contributed by atoms with E-state index >= 15 is 0 Å². The van der Waals surface area contributed by atoms with Gasteiger partial charge in [-0.2, -0.15) is 4.98 Å². The van der Waals surface area contributed by atoms with Gasteiger partial charge in [-0.1, -0.05) is 6.07 Å². The number of methoxy groups -OCH3 is 3. The molecule has 2 amide bonds. The van der Waals surface area contributed by atoms with E-state index in [1.807, 2.05) is 23.1 Å². The monoisotopic (exact) mass is 593 g/mol. The van der Waals surface area contributed by atoms with E-state index in [0.29, 0.717) is 43.5 Å². The Morgan fingerprint density at radius 3 is 2.47 bits per heavy atom. The first-order valence-electron chi connectivity index (χ1n) is 14.0. The minimum atomic E-state index is -0.584. The number of hydrogen-bond acceptors (Lipinski definition) is 10. The summed E-state index contributed by atoms with van der Waals surface area (Å²) in [4.78, 5) is 36.3. The maximum atomic E-state index is 13.2. The summed E-state index contributed by atoms with van der Waals surface area (Å²) in [6, 6.07) is 11.2. The van der Waals surface area contributed by atoms with Gasteiger partial charge in [0.25, 0.3) is 5.91 Å². The van der Waals surface area contributed by atoms with Crippen molar-refractivity contribution in [1.82, 2.24) is 20.6 Å². The quantitative estimate of drug-likeness (QED) is 0.291. The van der Waals surface area contributed by atoms with Gasteiger partial charge >= 0.3 is 6.09 Å². The predicted molar refractivity (Wildman–Crippen MR) is 161 cm³/mol. The van der Waals surface area contributed by atoms with Gasteiger partial charge in [-0.25, -0.2) is 9.78 Å². The summed E-state index contributed by atoms with van der Waals surface area (Å²) in [5, 5.41) is 5.53. The predicted octanol–water partition coefficient (Wildman–Crippen LogP) is 4.42. The lowest BCUT2D eigenvalue weighted by molar-refractivity contribution is 0.0527. The Bertz CT molecular complexity index is 1440. The number of hydrogen-bond donors (Lipinski definition) is 2. The van der Waals surface area contributed by atoms with Gasteiger partial charge in [-0.05, 0) is 63.9 Å². The van der Waals surface area contributed by atoms with E-state index in [4.69, 9.17) is 28.7 Å². The molecule has 4 rings (SSSR count). The normalized spacial score (nSPS) is 12.3. The molecular formula is C31H39N5O7. The van der Waals surface area contributed by atoms with Gasteiger partial charge in [0.15, 0.2) is 0 Å². The van der Waals surface area contributed by atoms with Crippen molar-refractivity contribution in [3.8, 4) is 23.1 Å². The van der Waals surface area contributed by atoms with Crippen molar-refractivity contribution in [3.05, 3.63) is 59.3 Å². The number of alkyl carbamates (subject to hydrolysis) is 1. The Kier molecular flexibility index (Phi) is 10.1. The van der Waals surface area contributed by atoms with Crippen LogP contribution in [0.25, 0.3) is 0 Å². The molecule has 0 unspecified atom stereocenters. The van der Waals surface area contributed by atoms with Gasteiger partial charge < -0.3 is 39.2 Å². The first-order chi connectivity index (χ1) is 20.6. The summed E-state index contributed by atoms with van der Waals surface area (Å²) < 4.78 is 27.8. The average Bonchev–Trinajstić information content (AvgIpc) is 3.43. The van der Waals surface area contributed by atoms with Crippen molar-refractivity contribution in [2.45, 2.75) is 45.8 Å². The molecule has 43 heavy (non-hydrogen) atoms. The third kappa shape index (κ3) is 7.97. The SMILES string of the molecule is COc1ccc(OC)c(COc2nc(N3CCc4c(OC)cccc43)ncc2C(=O)NCCCNC(=O)OC(C)(C)C)c1. The minimum Gasteiger partial charge on any atom is -0.497 e. The molecule has 0 atom stereocenters. The second-order valence-electron chi connectivity index (χ2n) is 10.8. The number of fused-ring (bicyclic) bond motifs is 1. The molecule has 3 aromatic rings. The molecule has 12 nitrogen and oxygen atoms in total. The highest BCUT2D eigenvalue weighted by atomic mass is 16.6. The first-order valence-corrected chi connectivity index (χ1v) is 14.0. The number of carbonyl (C=O) groups excluding carboxylic acids is 2. The number of ether oxygens (including phenoxy) is 5. The van der Waals surface area contributed by atoms with E-state index in [-0.39, 0.29) is 18.1 Å². The van der Waals surface area contributed by atoms with Crippen LogP contribution < -0.4 is 34.5 Å². The molecule has 1 aliphatic heterocycles. The van der Waals surface area contributed by atoms with Crippen LogP contribution in [-0.4, -0.2) is 68.5 Å². The van der Waals surface area contributed by atoms with Gasteiger partial charge in [-0.15, -0.1) is 0 Å². The standard InChI is InChI=1S/C31H39N5O7/c1-31(2,3)43-30(38)33-15-8-14-32-27(37)23-18-34-29(36-16-13-22-24(36)9-7-10-26(22)41-6)35-28(23)42-19-20-17-21(39-4)11-12-25(20)40-5/h7,9-12,17-18H,8,13-16,19H2,1-6H3,(H,32,37)(H,33,38). The van der Waals surface area contributed by atoms with Gasteiger partial charge in [0.1, 0.15) is 35.0 Å². The fraction of sp³-hybridized carbons (Fsp3) is 0.419. The van der Waals surface area contributed by atoms with Gasteiger partial charge in [0.05, 0.1) is 27.0 Å². The van der Waals surface area contributed by atoms with Crippen LogP contribution in [-0.2, 0) is 17.8 Å². The number of carbonyl (C=O) groups is 2. The lowest BCUT2D eigenvalue weighted by atomic mass is 10.1. The lowest BCUT2D eigenvalue weighted by Crippen LogP contribution is -2.34. The molecule has 0 fully saturated rings. The number of benzene rings is 2. The van der Waals surface area contributed by atoms with Crippen molar-refractivity contribution in [1.29, 1.82) is 0 Å². The molecule has 230 valence electrons. The molecule has 0 bridgehead atoms. The summed E-state index contributed by atoms with van der Waals surface area (Å²) in [5.41, 5.74) is 2.32. The zero-order valence-electron chi connectivity index (χ0n) is 25.5. The first kappa shape index (κ1) is 31.2. The fourth-order valence-electron chi connectivity index (χ4n) is 4.59. The summed E-state index contributed by atoms with van der Waals surface area (Å²) in [6.45, 7) is 6.74. The van der Waals surface area contributed by atoms with Crippen LogP contribution in [0.3, 0.4) is 0 Å². The molecule has 0 saturated heterocycles. The Morgan fingerprint density at radius 1 is 0.977 bits per heavy atom. The summed E-state index contributed by atoms with van der Waals surface area (Å²) in [6.07, 6.45) is 2.22. The van der Waals surface area contributed by atoms with Crippen LogP contribution in [0.5, 0.6) is 23.1 Å². The lowest BCUT2D eigenvalue weighted by Gasteiger charge is -2.20. The highest BCUT2D eigenvalue weighted by Crippen LogP contribution is 2.38. The van der Waals surface area contributed by atoms with Crippen molar-refractivity contribution in [2.75, 3.05) is 45.9 Å². The summed E-state index contributed by atoms with van der Waals surface area (Å²) in [5.74, 6) is 2.18. The molecule has 1 aromatic heterocycles. The Labute approximate surface area is 251 Å². The topological polar surface area (TPSA) is 133 Å². The minimum absolute atomic E-state index is 0.0708. The van der Waals surface area contributed by atoms with E-state index in [9.17, 15) is 9.59 Å². The zero-order valence-corrected chi connectivity index (χ0v) is 25.5. The molecule has 0 spiro atoms. The smallest absolute Gasteiger partial charge is 0.407 e. The van der Waals surface area contributed by atoms with Gasteiger partial charge in [-0.3, -0.25) is 4.79 Å². The second kappa shape index (κ2) is 14.0. The molecule has 0 aliphatic carbocycles. The van der Waals surface area contributed by atoms with Crippen LogP contribution in [0.15, 0.2) is 42.6 Å². The summed E-state index contributed by atoms with van der Waals surface area (Å²) in [7, 11) is 4.80. The van der Waals surface area contributed by atoms with Gasteiger partial charge in [0.2, 0.25) is 11.8 Å². The van der Waals surface area contributed by atoms with Crippen molar-refractivity contribution in [3.63, 3.8) is 0 Å². The Hall–Kier alpha value is -4.74. The Morgan fingerprint density at radius 2 is 1.74 bits per heavy atom. The third-order valence-corrected chi connectivity index (χ3v) is 6.59. The number of nitrogens with zero attached hydrogens (tertiary/aromatic N) is 3. The maximum absolute atomic E-state index is 13.2. The molecule has 12 heteroatoms. The van der Waals surface area contributed by atoms with Crippen molar-refractivity contribution in [2.24, 2.45) is 0 Å². The highest BCUT2D eigenvalue weighted by molar-refractivity contribution is 5.96. The summed E-state index contributed by atoms with van der Waals surface area (Å²) >= 11 is 0. The maximum Gasteiger partial charge on any atom is 0.407 e. The van der Waals surface area contributed by atoms with Gasteiger partial charge in [0, 0.05) is 37.0 Å². The van der Waals surface area contributed by atoms with E-state index in [2.05, 4.69) is 15.6 Å². The van der Waals surface area contributed by atoms with E-state index in [1.165, 1.54) is 6.20 Å². The van der Waals surface area contributed by atoms with Crippen LogP contribution in [0.1, 0.15) is 48.7 Å². The number of amides is 2. The molecule has 2 N–H and O–H groups in total. The van der Waals surface area contributed by atoms with Crippen LogP contribution >= 0.6 is 0 Å². The molecular weight excluding hydrogens is 554 g/mol.